The lowest BCUT2D eigenvalue weighted by Gasteiger charge is -2.03. The molecule has 3 rings (SSSR count). The number of pyridine rings is 1. The summed E-state index contributed by atoms with van der Waals surface area (Å²) in [5.41, 5.74) is 5.08. The molecule has 0 saturated heterocycles. The minimum atomic E-state index is -0.375. The lowest BCUT2D eigenvalue weighted by molar-refractivity contribution is 0.0950. The van der Waals surface area contributed by atoms with Gasteiger partial charge in [-0.15, -0.1) is 0 Å². The Balaban J connectivity index is 1.67. The first-order valence-corrected chi connectivity index (χ1v) is 7.78. The van der Waals surface area contributed by atoms with E-state index in [4.69, 9.17) is 4.74 Å². The van der Waals surface area contributed by atoms with Crippen molar-refractivity contribution in [2.24, 2.45) is 5.10 Å². The Morgan fingerprint density at radius 1 is 1.32 bits per heavy atom. The molecule has 0 atom stereocenters. The Hall–Kier alpha value is -3.48. The van der Waals surface area contributed by atoms with Crippen molar-refractivity contribution < 1.29 is 9.53 Å². The van der Waals surface area contributed by atoms with Crippen LogP contribution < -0.4 is 10.2 Å². The van der Waals surface area contributed by atoms with Crippen LogP contribution in [-0.4, -0.2) is 33.9 Å². The number of nitrogens with one attached hydrogen (secondary N) is 2. The van der Waals surface area contributed by atoms with Gasteiger partial charge in [0, 0.05) is 23.5 Å². The Kier molecular flexibility index (Phi) is 5.16. The van der Waals surface area contributed by atoms with Gasteiger partial charge >= 0.3 is 0 Å². The molecule has 2 aromatic heterocycles. The summed E-state index contributed by atoms with van der Waals surface area (Å²) in [4.78, 5) is 16.1. The zero-order valence-corrected chi connectivity index (χ0v) is 13.6. The monoisotopic (exact) mass is 335 g/mol. The number of carbonyl (C=O) groups excluding carboxylic acids is 1. The third-order valence-electron chi connectivity index (χ3n) is 3.33. The average molecular weight is 335 g/mol. The Morgan fingerprint density at radius 3 is 3.04 bits per heavy atom. The maximum Gasteiger partial charge on any atom is 0.289 e. The van der Waals surface area contributed by atoms with Crippen molar-refractivity contribution in [3.05, 3.63) is 66.1 Å². The van der Waals surface area contributed by atoms with Crippen LogP contribution in [0.1, 0.15) is 23.0 Å². The molecular weight excluding hydrogens is 318 g/mol. The van der Waals surface area contributed by atoms with Crippen LogP contribution in [0.3, 0.4) is 0 Å². The minimum absolute atomic E-state index is 0.320. The molecule has 0 saturated carbocycles. The Morgan fingerprint density at radius 2 is 2.24 bits per heavy atom. The highest BCUT2D eigenvalue weighted by Gasteiger charge is 2.10. The first-order chi connectivity index (χ1) is 12.3. The molecule has 0 radical (unpaired) electrons. The summed E-state index contributed by atoms with van der Waals surface area (Å²) in [7, 11) is 0. The summed E-state index contributed by atoms with van der Waals surface area (Å²) < 4.78 is 5.48. The van der Waals surface area contributed by atoms with E-state index in [1.165, 1.54) is 6.21 Å². The SMILES string of the molecule is CCOc1cccc(-c2cc(C(=O)N/N=C\c3cccnc3)[nH]n2)c1. The third kappa shape index (κ3) is 4.29. The van der Waals surface area contributed by atoms with Crippen LogP contribution in [0.4, 0.5) is 0 Å². The second-order valence-corrected chi connectivity index (χ2v) is 5.11. The van der Waals surface area contributed by atoms with Gasteiger partial charge in [-0.05, 0) is 31.2 Å². The third-order valence-corrected chi connectivity index (χ3v) is 3.33. The van der Waals surface area contributed by atoms with E-state index in [0.29, 0.717) is 18.0 Å². The van der Waals surface area contributed by atoms with Gasteiger partial charge in [0.1, 0.15) is 11.4 Å². The second-order valence-electron chi connectivity index (χ2n) is 5.11. The number of rotatable bonds is 6. The van der Waals surface area contributed by atoms with Crippen molar-refractivity contribution in [2.75, 3.05) is 6.61 Å². The van der Waals surface area contributed by atoms with E-state index in [1.807, 2.05) is 37.3 Å². The van der Waals surface area contributed by atoms with Crippen LogP contribution in [0.5, 0.6) is 5.75 Å². The van der Waals surface area contributed by atoms with E-state index in [-0.39, 0.29) is 5.91 Å². The molecule has 0 aliphatic rings. The zero-order chi connectivity index (χ0) is 17.5. The van der Waals surface area contributed by atoms with Crippen LogP contribution in [0.2, 0.25) is 0 Å². The number of hydrogen-bond acceptors (Lipinski definition) is 5. The fraction of sp³-hybridized carbons (Fsp3) is 0.111. The number of aromatic nitrogens is 3. The Bertz CT molecular complexity index is 874. The molecule has 7 heteroatoms. The molecule has 0 spiro atoms. The maximum absolute atomic E-state index is 12.1. The molecule has 0 fully saturated rings. The number of hydrazone groups is 1. The molecule has 1 amide bonds. The van der Waals surface area contributed by atoms with Crippen molar-refractivity contribution in [3.63, 3.8) is 0 Å². The molecular formula is C18H17N5O2. The molecule has 0 aliphatic carbocycles. The van der Waals surface area contributed by atoms with Gasteiger partial charge in [0.15, 0.2) is 0 Å². The number of aromatic amines is 1. The van der Waals surface area contributed by atoms with Crippen molar-refractivity contribution in [1.82, 2.24) is 20.6 Å². The van der Waals surface area contributed by atoms with Crippen molar-refractivity contribution in [1.29, 1.82) is 0 Å². The standard InChI is InChI=1S/C18H17N5O2/c1-2-25-15-7-3-6-14(9-15)16-10-17(22-21-16)18(24)23-20-12-13-5-4-8-19-11-13/h3-12H,2H2,1H3,(H,21,22)(H,23,24)/b20-12-. The van der Waals surface area contributed by atoms with Gasteiger partial charge in [0.2, 0.25) is 0 Å². The molecule has 0 aliphatic heterocycles. The molecule has 1 aromatic carbocycles. The summed E-state index contributed by atoms with van der Waals surface area (Å²) in [5.74, 6) is 0.384. The summed E-state index contributed by atoms with van der Waals surface area (Å²) in [6, 6.07) is 12.8. The van der Waals surface area contributed by atoms with E-state index >= 15 is 0 Å². The average Bonchev–Trinajstić information content (AvgIpc) is 3.13. The molecule has 3 aromatic rings. The number of ether oxygens (including phenoxy) is 1. The van der Waals surface area contributed by atoms with Crippen molar-refractivity contribution in [3.8, 4) is 17.0 Å². The summed E-state index contributed by atoms with van der Waals surface area (Å²) >= 11 is 0. The first-order valence-electron chi connectivity index (χ1n) is 7.78. The van der Waals surface area contributed by atoms with E-state index in [2.05, 4.69) is 25.7 Å². The van der Waals surface area contributed by atoms with Crippen LogP contribution in [0, 0.1) is 0 Å². The van der Waals surface area contributed by atoms with Crippen molar-refractivity contribution >= 4 is 12.1 Å². The van der Waals surface area contributed by atoms with Crippen LogP contribution in [-0.2, 0) is 0 Å². The highest BCUT2D eigenvalue weighted by molar-refractivity contribution is 5.94. The van der Waals surface area contributed by atoms with Gasteiger partial charge in [0.25, 0.3) is 5.91 Å². The summed E-state index contributed by atoms with van der Waals surface area (Å²) in [5, 5.41) is 10.8. The lowest BCUT2D eigenvalue weighted by Crippen LogP contribution is -2.18. The van der Waals surface area contributed by atoms with Gasteiger partial charge in [0.05, 0.1) is 18.5 Å². The fourth-order valence-electron chi connectivity index (χ4n) is 2.18. The molecule has 25 heavy (non-hydrogen) atoms. The van der Waals surface area contributed by atoms with Crippen LogP contribution in [0.15, 0.2) is 60.0 Å². The van der Waals surface area contributed by atoms with E-state index < -0.39 is 0 Å². The largest absolute Gasteiger partial charge is 0.494 e. The van der Waals surface area contributed by atoms with Crippen LogP contribution in [0.25, 0.3) is 11.3 Å². The predicted octanol–water partition coefficient (Wildman–Crippen LogP) is 2.63. The highest BCUT2D eigenvalue weighted by Crippen LogP contribution is 2.22. The molecule has 7 nitrogen and oxygen atoms in total. The van der Waals surface area contributed by atoms with Gasteiger partial charge in [-0.2, -0.15) is 10.2 Å². The maximum atomic E-state index is 12.1. The quantitative estimate of drug-likeness (QED) is 0.535. The second kappa shape index (κ2) is 7.87. The van der Waals surface area contributed by atoms with Crippen molar-refractivity contribution in [2.45, 2.75) is 6.92 Å². The normalized spacial score (nSPS) is 10.8. The molecule has 2 N–H and O–H groups in total. The van der Waals surface area contributed by atoms with Gasteiger partial charge < -0.3 is 4.74 Å². The van der Waals surface area contributed by atoms with Gasteiger partial charge in [-0.3, -0.25) is 14.9 Å². The van der Waals surface area contributed by atoms with Crippen LogP contribution >= 0.6 is 0 Å². The smallest absolute Gasteiger partial charge is 0.289 e. The number of carbonyl (C=O) groups is 1. The molecule has 2 heterocycles. The van der Waals surface area contributed by atoms with Gasteiger partial charge in [-0.25, -0.2) is 5.43 Å². The number of H-pyrrole nitrogens is 1. The number of nitrogens with zero attached hydrogens (tertiary/aromatic N) is 3. The van der Waals surface area contributed by atoms with Gasteiger partial charge in [-0.1, -0.05) is 18.2 Å². The fourth-order valence-corrected chi connectivity index (χ4v) is 2.18. The number of amides is 1. The first kappa shape index (κ1) is 16.4. The zero-order valence-electron chi connectivity index (χ0n) is 13.6. The molecule has 126 valence electrons. The van der Waals surface area contributed by atoms with E-state index in [1.54, 1.807) is 24.5 Å². The minimum Gasteiger partial charge on any atom is -0.494 e. The molecule has 0 bridgehead atoms. The van der Waals surface area contributed by atoms with E-state index in [0.717, 1.165) is 16.9 Å². The number of benzene rings is 1. The molecule has 0 unspecified atom stereocenters. The number of hydrogen-bond donors (Lipinski definition) is 2. The lowest BCUT2D eigenvalue weighted by atomic mass is 10.1. The van der Waals surface area contributed by atoms with E-state index in [9.17, 15) is 4.79 Å². The highest BCUT2D eigenvalue weighted by atomic mass is 16.5. The predicted molar refractivity (Wildman–Crippen MR) is 94.5 cm³/mol. The summed E-state index contributed by atoms with van der Waals surface area (Å²) in [6.07, 6.45) is 4.84. The summed E-state index contributed by atoms with van der Waals surface area (Å²) in [6.45, 7) is 2.52. The topological polar surface area (TPSA) is 92.3 Å². The Labute approximate surface area is 144 Å².